The zero-order valence-corrected chi connectivity index (χ0v) is 22.9. The molecule has 3 amide bonds. The van der Waals surface area contributed by atoms with Crippen LogP contribution in [0.15, 0.2) is 48.5 Å². The lowest BCUT2D eigenvalue weighted by Gasteiger charge is -2.25. The van der Waals surface area contributed by atoms with E-state index in [-0.39, 0.29) is 58.1 Å². The standard InChI is InChI=1S/C29H25F5N8O2/c30-16-2-4-17(5-3-16)41-21(14-20(39-41)28(9-10-28)29(32,33)34)38-26(44)37-19-6-1-15(13-18(19)31)23-22(24(35)43)25-36-12-11-27(7-8-27)42(25)40-23/h1-6,13-14,36H,7-12H2,(H2,35,43)(H2,37,38,44). The van der Waals surface area contributed by atoms with E-state index in [0.29, 0.717) is 12.4 Å². The summed E-state index contributed by atoms with van der Waals surface area (Å²) in [5, 5.41) is 16.7. The zero-order chi connectivity index (χ0) is 31.0. The minimum absolute atomic E-state index is 0.132. The molecule has 10 nitrogen and oxygen atoms in total. The van der Waals surface area contributed by atoms with Crippen molar-refractivity contribution in [2.45, 2.75) is 49.2 Å². The van der Waals surface area contributed by atoms with Crippen molar-refractivity contribution < 1.29 is 31.5 Å². The Hall–Kier alpha value is -4.95. The molecular weight excluding hydrogens is 587 g/mol. The molecule has 4 aromatic rings. The lowest BCUT2D eigenvalue weighted by molar-refractivity contribution is -0.161. The van der Waals surface area contributed by atoms with Crippen molar-refractivity contribution in [2.24, 2.45) is 5.73 Å². The summed E-state index contributed by atoms with van der Waals surface area (Å²) in [6, 6.07) is 8.82. The molecule has 0 unspecified atom stereocenters. The fourth-order valence-corrected chi connectivity index (χ4v) is 5.81. The van der Waals surface area contributed by atoms with Crippen LogP contribution in [0.2, 0.25) is 0 Å². The molecule has 0 radical (unpaired) electrons. The second-order valence-electron chi connectivity index (χ2n) is 11.4. The molecule has 7 rings (SSSR count). The Bertz CT molecular complexity index is 1820. The van der Waals surface area contributed by atoms with Gasteiger partial charge in [-0.1, -0.05) is 6.07 Å². The van der Waals surface area contributed by atoms with E-state index >= 15 is 4.39 Å². The Morgan fingerprint density at radius 3 is 2.27 bits per heavy atom. The fourth-order valence-electron chi connectivity index (χ4n) is 5.81. The molecule has 1 aliphatic heterocycles. The van der Waals surface area contributed by atoms with Gasteiger partial charge in [-0.15, -0.1) is 0 Å². The third kappa shape index (κ3) is 4.45. The summed E-state index contributed by atoms with van der Waals surface area (Å²) >= 11 is 0. The number of nitrogens with one attached hydrogen (secondary N) is 3. The highest BCUT2D eigenvalue weighted by Gasteiger charge is 2.66. The van der Waals surface area contributed by atoms with Crippen LogP contribution in [0.3, 0.4) is 0 Å². The van der Waals surface area contributed by atoms with Gasteiger partial charge in [0.05, 0.1) is 22.6 Å². The van der Waals surface area contributed by atoms with Crippen molar-refractivity contribution >= 4 is 29.3 Å². The second kappa shape index (κ2) is 9.53. The molecule has 5 N–H and O–H groups in total. The maximum atomic E-state index is 15.3. The number of amides is 3. The van der Waals surface area contributed by atoms with Crippen molar-refractivity contribution in [1.82, 2.24) is 19.6 Å². The van der Waals surface area contributed by atoms with Gasteiger partial charge in [-0.05, 0) is 68.5 Å². The van der Waals surface area contributed by atoms with Crippen LogP contribution in [0.1, 0.15) is 48.2 Å². The first-order valence-electron chi connectivity index (χ1n) is 13.9. The summed E-state index contributed by atoms with van der Waals surface area (Å²) in [6.07, 6.45) is -2.22. The quantitative estimate of drug-likeness (QED) is 0.209. The van der Waals surface area contributed by atoms with Gasteiger partial charge < -0.3 is 16.4 Å². The molecule has 3 aliphatic rings. The zero-order valence-electron chi connectivity index (χ0n) is 22.9. The summed E-state index contributed by atoms with van der Waals surface area (Å²) < 4.78 is 73.1. The van der Waals surface area contributed by atoms with Crippen LogP contribution in [-0.2, 0) is 11.0 Å². The van der Waals surface area contributed by atoms with Gasteiger partial charge in [-0.3, -0.25) is 10.1 Å². The number of anilines is 3. The van der Waals surface area contributed by atoms with E-state index in [1.54, 1.807) is 4.68 Å². The normalized spacial score (nSPS) is 17.5. The molecule has 2 saturated carbocycles. The van der Waals surface area contributed by atoms with E-state index in [9.17, 15) is 27.2 Å². The van der Waals surface area contributed by atoms with E-state index in [1.165, 1.54) is 24.3 Å². The predicted molar refractivity (Wildman–Crippen MR) is 150 cm³/mol. The first-order chi connectivity index (χ1) is 20.9. The Morgan fingerprint density at radius 2 is 1.66 bits per heavy atom. The number of carbonyl (C=O) groups excluding carboxylic acids is 2. The summed E-state index contributed by atoms with van der Waals surface area (Å²) in [4.78, 5) is 25.3. The SMILES string of the molecule is NC(=O)c1c(-c2ccc(NC(=O)Nc3cc(C4(C(F)(F)F)CC4)nn3-c3ccc(F)cc3)c(F)c2)nn2c1NCCC21CC1. The number of alkyl halides is 3. The van der Waals surface area contributed by atoms with Crippen molar-refractivity contribution in [3.8, 4) is 16.9 Å². The number of primary amides is 1. The number of hydrogen-bond acceptors (Lipinski definition) is 5. The predicted octanol–water partition coefficient (Wildman–Crippen LogP) is 5.66. The fraction of sp³-hybridized carbons (Fsp3) is 0.310. The highest BCUT2D eigenvalue weighted by atomic mass is 19.4. The monoisotopic (exact) mass is 612 g/mol. The molecule has 44 heavy (non-hydrogen) atoms. The summed E-state index contributed by atoms with van der Waals surface area (Å²) in [7, 11) is 0. The van der Waals surface area contributed by atoms with Crippen LogP contribution in [-0.4, -0.2) is 44.2 Å². The average molecular weight is 613 g/mol. The van der Waals surface area contributed by atoms with Gasteiger partial charge in [-0.2, -0.15) is 23.4 Å². The Kier molecular flexibility index (Phi) is 6.03. The molecule has 228 valence electrons. The van der Waals surface area contributed by atoms with Gasteiger partial charge in [0, 0.05) is 18.2 Å². The molecule has 2 aromatic carbocycles. The number of benzene rings is 2. The van der Waals surface area contributed by atoms with Gasteiger partial charge in [0.2, 0.25) is 0 Å². The number of rotatable bonds is 6. The molecule has 15 heteroatoms. The number of nitrogens with two attached hydrogens (primary N) is 1. The Labute approximate surface area is 246 Å². The molecule has 2 fully saturated rings. The molecule has 1 spiro atoms. The summed E-state index contributed by atoms with van der Waals surface area (Å²) in [5.74, 6) is -1.77. The minimum Gasteiger partial charge on any atom is -0.369 e. The molecule has 2 aliphatic carbocycles. The lowest BCUT2D eigenvalue weighted by atomic mass is 10.0. The van der Waals surface area contributed by atoms with Gasteiger partial charge in [0.25, 0.3) is 5.91 Å². The van der Waals surface area contributed by atoms with E-state index < -0.39 is 35.2 Å². The second-order valence-corrected chi connectivity index (χ2v) is 11.4. The maximum absolute atomic E-state index is 15.3. The average Bonchev–Trinajstić information content (AvgIpc) is 3.86. The van der Waals surface area contributed by atoms with Crippen molar-refractivity contribution in [3.05, 3.63) is 71.4 Å². The number of carbonyl (C=O) groups is 2. The molecular formula is C29H25F5N8O2. The maximum Gasteiger partial charge on any atom is 0.400 e. The highest BCUT2D eigenvalue weighted by Crippen LogP contribution is 2.59. The lowest BCUT2D eigenvalue weighted by Crippen LogP contribution is -2.30. The van der Waals surface area contributed by atoms with Crippen LogP contribution in [0.5, 0.6) is 0 Å². The van der Waals surface area contributed by atoms with Crippen LogP contribution in [0, 0.1) is 11.6 Å². The Balaban J connectivity index is 1.16. The molecule has 0 saturated heterocycles. The van der Waals surface area contributed by atoms with Gasteiger partial charge >= 0.3 is 12.2 Å². The first kappa shape index (κ1) is 27.9. The topological polar surface area (TPSA) is 132 Å². The molecule has 2 aromatic heterocycles. The minimum atomic E-state index is -4.56. The van der Waals surface area contributed by atoms with E-state index in [0.717, 1.165) is 48.2 Å². The molecule has 3 heterocycles. The molecule has 0 bridgehead atoms. The Morgan fingerprint density at radius 1 is 0.932 bits per heavy atom. The van der Waals surface area contributed by atoms with Gasteiger partial charge in [0.15, 0.2) is 0 Å². The van der Waals surface area contributed by atoms with Gasteiger partial charge in [-0.25, -0.2) is 22.9 Å². The third-order valence-electron chi connectivity index (χ3n) is 8.59. The van der Waals surface area contributed by atoms with E-state index in [1.807, 2.05) is 0 Å². The van der Waals surface area contributed by atoms with Crippen molar-refractivity contribution in [1.29, 1.82) is 0 Å². The smallest absolute Gasteiger partial charge is 0.369 e. The first-order valence-corrected chi connectivity index (χ1v) is 13.9. The number of urea groups is 1. The highest BCUT2D eigenvalue weighted by molar-refractivity contribution is 6.04. The number of aromatic nitrogens is 4. The van der Waals surface area contributed by atoms with Crippen molar-refractivity contribution in [2.75, 3.05) is 22.5 Å². The molecule has 0 atom stereocenters. The van der Waals surface area contributed by atoms with Crippen LogP contribution >= 0.6 is 0 Å². The van der Waals surface area contributed by atoms with Crippen LogP contribution in [0.4, 0.5) is 44.1 Å². The number of hydrogen-bond donors (Lipinski definition) is 4. The summed E-state index contributed by atoms with van der Waals surface area (Å²) in [6.45, 7) is 0.649. The number of halogens is 5. The number of nitrogens with zero attached hydrogens (tertiary/aromatic N) is 4. The van der Waals surface area contributed by atoms with Crippen LogP contribution in [0.25, 0.3) is 16.9 Å². The van der Waals surface area contributed by atoms with E-state index in [2.05, 4.69) is 26.1 Å². The van der Waals surface area contributed by atoms with Gasteiger partial charge in [0.1, 0.15) is 39.9 Å². The number of fused-ring (bicyclic) bond motifs is 2. The van der Waals surface area contributed by atoms with Crippen LogP contribution < -0.4 is 21.7 Å². The largest absolute Gasteiger partial charge is 0.400 e. The van der Waals surface area contributed by atoms with E-state index in [4.69, 9.17) is 5.73 Å². The summed E-state index contributed by atoms with van der Waals surface area (Å²) in [5.41, 5.74) is 3.64. The third-order valence-corrected chi connectivity index (χ3v) is 8.59. The van der Waals surface area contributed by atoms with Crippen molar-refractivity contribution in [3.63, 3.8) is 0 Å².